The van der Waals surface area contributed by atoms with Gasteiger partial charge < -0.3 is 0 Å². The van der Waals surface area contributed by atoms with E-state index in [0.717, 1.165) is 18.4 Å². The molecule has 3 nitrogen and oxygen atoms in total. The first-order valence-electron chi connectivity index (χ1n) is 7.20. The van der Waals surface area contributed by atoms with Crippen molar-refractivity contribution in [2.24, 2.45) is 11.8 Å². The standard InChI is InChI=1S/C15H21BrClNO2S/c1-11(2)13-5-7-18(8-6-13)21(19,20)15-4-3-12(10-17)9-14(15)16/h3-4,9,11,13H,5-8,10H2,1-2H3. The molecule has 1 saturated heterocycles. The van der Waals surface area contributed by atoms with Crippen LogP contribution in [0.2, 0.25) is 0 Å². The summed E-state index contributed by atoms with van der Waals surface area (Å²) in [7, 11) is -3.42. The lowest BCUT2D eigenvalue weighted by Gasteiger charge is -2.33. The van der Waals surface area contributed by atoms with Gasteiger partial charge >= 0.3 is 0 Å². The van der Waals surface area contributed by atoms with E-state index in [0.29, 0.717) is 40.2 Å². The molecule has 0 bridgehead atoms. The van der Waals surface area contributed by atoms with Crippen molar-refractivity contribution in [3.8, 4) is 0 Å². The Hall–Kier alpha value is -0.100. The molecule has 21 heavy (non-hydrogen) atoms. The molecule has 0 unspecified atom stereocenters. The first kappa shape index (κ1) is 17.3. The number of halogens is 2. The van der Waals surface area contributed by atoms with E-state index in [1.807, 2.05) is 0 Å². The average Bonchev–Trinajstić information content (AvgIpc) is 2.46. The Labute approximate surface area is 140 Å². The Morgan fingerprint density at radius 1 is 1.33 bits per heavy atom. The Kier molecular flexibility index (Phi) is 5.74. The summed E-state index contributed by atoms with van der Waals surface area (Å²) in [6.07, 6.45) is 1.88. The topological polar surface area (TPSA) is 37.4 Å². The van der Waals surface area contributed by atoms with Crippen LogP contribution in [0.3, 0.4) is 0 Å². The van der Waals surface area contributed by atoms with Crippen molar-refractivity contribution in [2.75, 3.05) is 13.1 Å². The monoisotopic (exact) mass is 393 g/mol. The molecule has 6 heteroatoms. The highest BCUT2D eigenvalue weighted by Gasteiger charge is 2.31. The molecule has 1 aliphatic heterocycles. The molecule has 1 fully saturated rings. The third-order valence-corrected chi connectivity index (χ3v) is 7.39. The molecule has 2 rings (SSSR count). The summed E-state index contributed by atoms with van der Waals surface area (Å²) in [5, 5.41) is 0. The number of nitrogens with zero attached hydrogens (tertiary/aromatic N) is 1. The molecule has 1 aliphatic rings. The molecule has 0 aromatic heterocycles. The number of piperidine rings is 1. The summed E-state index contributed by atoms with van der Waals surface area (Å²) in [5.41, 5.74) is 0.904. The quantitative estimate of drug-likeness (QED) is 0.716. The van der Waals surface area contributed by atoms with Crippen molar-refractivity contribution in [2.45, 2.75) is 37.5 Å². The van der Waals surface area contributed by atoms with E-state index < -0.39 is 10.0 Å². The minimum Gasteiger partial charge on any atom is -0.207 e. The molecule has 0 amide bonds. The fourth-order valence-corrected chi connectivity index (χ4v) is 5.48. The van der Waals surface area contributed by atoms with Gasteiger partial charge in [-0.1, -0.05) is 19.9 Å². The Bertz CT molecular complexity index is 596. The van der Waals surface area contributed by atoms with Crippen LogP contribution in [-0.4, -0.2) is 25.8 Å². The van der Waals surface area contributed by atoms with E-state index in [1.165, 1.54) is 0 Å². The maximum atomic E-state index is 12.7. The summed E-state index contributed by atoms with van der Waals surface area (Å²) in [6, 6.07) is 5.19. The third kappa shape index (κ3) is 3.81. The molecule has 1 heterocycles. The highest BCUT2D eigenvalue weighted by atomic mass is 79.9. The van der Waals surface area contributed by atoms with Gasteiger partial charge in [-0.2, -0.15) is 4.31 Å². The number of benzene rings is 1. The summed E-state index contributed by atoms with van der Waals surface area (Å²) in [5.74, 6) is 1.61. The van der Waals surface area contributed by atoms with Crippen LogP contribution < -0.4 is 0 Å². The van der Waals surface area contributed by atoms with Crippen molar-refractivity contribution < 1.29 is 8.42 Å². The Balaban J connectivity index is 2.19. The Morgan fingerprint density at radius 3 is 2.43 bits per heavy atom. The van der Waals surface area contributed by atoms with Crippen molar-refractivity contribution in [1.29, 1.82) is 0 Å². The molecule has 0 radical (unpaired) electrons. The van der Waals surface area contributed by atoms with Crippen LogP contribution >= 0.6 is 27.5 Å². The predicted molar refractivity (Wildman–Crippen MR) is 90.0 cm³/mol. The molecular formula is C15H21BrClNO2S. The molecule has 0 saturated carbocycles. The lowest BCUT2D eigenvalue weighted by Crippen LogP contribution is -2.39. The largest absolute Gasteiger partial charge is 0.244 e. The van der Waals surface area contributed by atoms with E-state index in [2.05, 4.69) is 29.8 Å². The predicted octanol–water partition coefficient (Wildman–Crippen LogP) is 4.24. The first-order chi connectivity index (χ1) is 9.86. The fraction of sp³-hybridized carbons (Fsp3) is 0.600. The van der Waals surface area contributed by atoms with Gasteiger partial charge in [0.2, 0.25) is 10.0 Å². The second kappa shape index (κ2) is 6.99. The van der Waals surface area contributed by atoms with Crippen LogP contribution in [0.4, 0.5) is 0 Å². The van der Waals surface area contributed by atoms with Crippen molar-refractivity contribution in [1.82, 2.24) is 4.31 Å². The molecule has 0 atom stereocenters. The minimum atomic E-state index is -3.42. The number of sulfonamides is 1. The Morgan fingerprint density at radius 2 is 1.95 bits per heavy atom. The van der Waals surface area contributed by atoms with Crippen LogP contribution in [0.25, 0.3) is 0 Å². The number of hydrogen-bond donors (Lipinski definition) is 0. The van der Waals surface area contributed by atoms with Crippen molar-refractivity contribution in [3.63, 3.8) is 0 Å². The molecule has 1 aromatic carbocycles. The highest BCUT2D eigenvalue weighted by molar-refractivity contribution is 9.10. The third-order valence-electron chi connectivity index (χ3n) is 4.21. The molecule has 1 aromatic rings. The average molecular weight is 395 g/mol. The van der Waals surface area contributed by atoms with Gasteiger partial charge in [-0.25, -0.2) is 8.42 Å². The van der Waals surface area contributed by atoms with Crippen molar-refractivity contribution in [3.05, 3.63) is 28.2 Å². The van der Waals surface area contributed by atoms with Gasteiger partial charge in [-0.15, -0.1) is 11.6 Å². The van der Waals surface area contributed by atoms with Crippen LogP contribution in [0.5, 0.6) is 0 Å². The first-order valence-corrected chi connectivity index (χ1v) is 9.97. The van der Waals surface area contributed by atoms with Gasteiger partial charge in [0.15, 0.2) is 0 Å². The number of alkyl halides is 1. The number of rotatable bonds is 4. The van der Waals surface area contributed by atoms with Crippen LogP contribution in [0, 0.1) is 11.8 Å². The van der Waals surface area contributed by atoms with Gasteiger partial charge in [0.25, 0.3) is 0 Å². The van der Waals surface area contributed by atoms with Gasteiger partial charge in [-0.05, 0) is 58.3 Å². The van der Waals surface area contributed by atoms with Gasteiger partial charge in [-0.3, -0.25) is 0 Å². The zero-order chi connectivity index (χ0) is 15.6. The van der Waals surface area contributed by atoms with Crippen LogP contribution in [-0.2, 0) is 15.9 Å². The van der Waals surface area contributed by atoms with Gasteiger partial charge in [0.05, 0.1) is 4.90 Å². The van der Waals surface area contributed by atoms with Crippen LogP contribution in [0.15, 0.2) is 27.6 Å². The van der Waals surface area contributed by atoms with E-state index in [4.69, 9.17) is 11.6 Å². The molecule has 0 aliphatic carbocycles. The van der Waals surface area contributed by atoms with E-state index in [9.17, 15) is 8.42 Å². The SMILES string of the molecule is CC(C)C1CCN(S(=O)(=O)c2ccc(CCl)cc2Br)CC1. The van der Waals surface area contributed by atoms with Gasteiger partial charge in [0.1, 0.15) is 0 Å². The molecule has 0 spiro atoms. The number of hydrogen-bond acceptors (Lipinski definition) is 2. The van der Waals surface area contributed by atoms with E-state index >= 15 is 0 Å². The van der Waals surface area contributed by atoms with Gasteiger partial charge in [0, 0.05) is 23.4 Å². The smallest absolute Gasteiger partial charge is 0.207 e. The minimum absolute atomic E-state index is 0.333. The maximum absolute atomic E-state index is 12.7. The fourth-order valence-electron chi connectivity index (χ4n) is 2.76. The summed E-state index contributed by atoms with van der Waals surface area (Å²) < 4.78 is 27.7. The second-order valence-electron chi connectivity index (χ2n) is 5.88. The molecule has 0 N–H and O–H groups in total. The zero-order valence-electron chi connectivity index (χ0n) is 12.4. The normalized spacial score (nSPS) is 18.3. The van der Waals surface area contributed by atoms with Crippen molar-refractivity contribution >= 4 is 37.6 Å². The highest BCUT2D eigenvalue weighted by Crippen LogP contribution is 2.31. The maximum Gasteiger partial charge on any atom is 0.244 e. The molecular weight excluding hydrogens is 374 g/mol. The summed E-state index contributed by atoms with van der Waals surface area (Å²) in [4.78, 5) is 0.333. The lowest BCUT2D eigenvalue weighted by molar-refractivity contribution is 0.226. The van der Waals surface area contributed by atoms with E-state index in [-0.39, 0.29) is 0 Å². The zero-order valence-corrected chi connectivity index (χ0v) is 15.5. The van der Waals surface area contributed by atoms with E-state index in [1.54, 1.807) is 22.5 Å². The summed E-state index contributed by atoms with van der Waals surface area (Å²) >= 11 is 9.14. The second-order valence-corrected chi connectivity index (χ2v) is 8.91. The lowest BCUT2D eigenvalue weighted by atomic mass is 9.87. The summed E-state index contributed by atoms with van der Waals surface area (Å²) in [6.45, 7) is 5.62. The van der Waals surface area contributed by atoms with Crippen LogP contribution in [0.1, 0.15) is 32.3 Å². The molecule has 118 valence electrons.